The van der Waals surface area contributed by atoms with Crippen LogP contribution in [0.5, 0.6) is 5.75 Å². The summed E-state index contributed by atoms with van der Waals surface area (Å²) in [5.41, 5.74) is -0.152. The Morgan fingerprint density at radius 3 is 2.92 bits per heavy atom. The second kappa shape index (κ2) is 7.60. The summed E-state index contributed by atoms with van der Waals surface area (Å²) in [6, 6.07) is 11.9. The molecule has 1 atom stereocenters. The highest BCUT2D eigenvalue weighted by atomic mass is 32.1. The van der Waals surface area contributed by atoms with Gasteiger partial charge in [-0.2, -0.15) is 0 Å². The van der Waals surface area contributed by atoms with Gasteiger partial charge in [0.15, 0.2) is 0 Å². The second-order valence-corrected chi connectivity index (χ2v) is 7.83. The molecule has 1 N–H and O–H groups in total. The normalized spacial score (nSPS) is 20.4. The van der Waals surface area contributed by atoms with Gasteiger partial charge < -0.3 is 14.7 Å². The van der Waals surface area contributed by atoms with Crippen molar-refractivity contribution in [1.29, 1.82) is 0 Å². The maximum absolute atomic E-state index is 10.2. The number of nitrogens with zero attached hydrogens (tertiary/aromatic N) is 3. The molecular weight excluding hydrogens is 346 g/mol. The van der Waals surface area contributed by atoms with Crippen LogP contribution in [0.25, 0.3) is 10.2 Å². The van der Waals surface area contributed by atoms with Gasteiger partial charge in [-0.15, -0.1) is 11.3 Å². The number of aromatic nitrogens is 2. The number of para-hydroxylation sites is 1. The average molecular weight is 369 g/mol. The van der Waals surface area contributed by atoms with E-state index in [1.807, 2.05) is 30.3 Å². The van der Waals surface area contributed by atoms with Crippen LogP contribution in [0.4, 0.5) is 5.82 Å². The molecule has 0 amide bonds. The van der Waals surface area contributed by atoms with Crippen molar-refractivity contribution in [2.75, 3.05) is 31.2 Å². The van der Waals surface area contributed by atoms with E-state index in [1.165, 1.54) is 0 Å². The monoisotopic (exact) mass is 369 g/mol. The molecule has 0 aliphatic carbocycles. The largest absolute Gasteiger partial charge is 0.494 e. The topological polar surface area (TPSA) is 58.5 Å². The van der Waals surface area contributed by atoms with Gasteiger partial charge in [-0.3, -0.25) is 0 Å². The third kappa shape index (κ3) is 3.52. The lowest BCUT2D eigenvalue weighted by atomic mass is 9.78. The van der Waals surface area contributed by atoms with Gasteiger partial charge in [0.25, 0.3) is 0 Å². The fraction of sp³-hybridized carbons (Fsp3) is 0.400. The molecule has 4 rings (SSSR count). The molecule has 6 heteroatoms. The van der Waals surface area contributed by atoms with Crippen molar-refractivity contribution in [2.24, 2.45) is 5.41 Å². The van der Waals surface area contributed by atoms with Gasteiger partial charge in [-0.1, -0.05) is 18.2 Å². The number of anilines is 1. The minimum absolute atomic E-state index is 0.152. The number of thiophene rings is 1. The van der Waals surface area contributed by atoms with E-state index in [0.717, 1.165) is 54.1 Å². The number of piperidine rings is 1. The maximum atomic E-state index is 10.2. The Hall–Kier alpha value is -2.18. The maximum Gasteiger partial charge on any atom is 0.140 e. The molecule has 0 bridgehead atoms. The minimum atomic E-state index is -0.152. The molecule has 1 saturated heterocycles. The number of hydrogen-bond donors (Lipinski definition) is 1. The number of hydrogen-bond acceptors (Lipinski definition) is 6. The van der Waals surface area contributed by atoms with Gasteiger partial charge in [0.1, 0.15) is 22.7 Å². The van der Waals surface area contributed by atoms with Gasteiger partial charge in [-0.05, 0) is 42.8 Å². The first-order valence-corrected chi connectivity index (χ1v) is 9.90. The molecule has 1 fully saturated rings. The summed E-state index contributed by atoms with van der Waals surface area (Å²) in [5, 5.41) is 13.3. The summed E-state index contributed by atoms with van der Waals surface area (Å²) < 4.78 is 5.88. The predicted octanol–water partition coefficient (Wildman–Crippen LogP) is 3.74. The molecule has 0 saturated carbocycles. The summed E-state index contributed by atoms with van der Waals surface area (Å²) in [6.07, 6.45) is 4.52. The number of rotatable bonds is 6. The van der Waals surface area contributed by atoms with E-state index in [1.54, 1.807) is 17.7 Å². The SMILES string of the molecule is OC[C@@]1(CCOc2ccccc2)CCCN(c2ncnc3sccc23)C1. The molecule has 26 heavy (non-hydrogen) atoms. The molecule has 0 spiro atoms. The van der Waals surface area contributed by atoms with Crippen molar-refractivity contribution in [3.63, 3.8) is 0 Å². The number of aliphatic hydroxyl groups is 1. The van der Waals surface area contributed by atoms with Crippen LogP contribution >= 0.6 is 11.3 Å². The van der Waals surface area contributed by atoms with Crippen LogP contribution in [0.1, 0.15) is 19.3 Å². The molecule has 1 aliphatic rings. The highest BCUT2D eigenvalue weighted by Gasteiger charge is 2.36. The van der Waals surface area contributed by atoms with Gasteiger partial charge in [0, 0.05) is 18.5 Å². The zero-order valence-corrected chi connectivity index (χ0v) is 15.5. The molecule has 3 heterocycles. The van der Waals surface area contributed by atoms with Crippen molar-refractivity contribution in [1.82, 2.24) is 9.97 Å². The highest BCUT2D eigenvalue weighted by molar-refractivity contribution is 7.16. The van der Waals surface area contributed by atoms with E-state index < -0.39 is 0 Å². The lowest BCUT2D eigenvalue weighted by Crippen LogP contribution is -2.46. The van der Waals surface area contributed by atoms with E-state index in [2.05, 4.69) is 26.3 Å². The Morgan fingerprint density at radius 1 is 1.19 bits per heavy atom. The van der Waals surface area contributed by atoms with Crippen LogP contribution < -0.4 is 9.64 Å². The Balaban J connectivity index is 1.47. The van der Waals surface area contributed by atoms with Gasteiger partial charge in [-0.25, -0.2) is 9.97 Å². The van der Waals surface area contributed by atoms with Gasteiger partial charge in [0.2, 0.25) is 0 Å². The molecule has 3 aromatic rings. The second-order valence-electron chi connectivity index (χ2n) is 6.93. The van der Waals surface area contributed by atoms with Crippen molar-refractivity contribution >= 4 is 27.4 Å². The lowest BCUT2D eigenvalue weighted by Gasteiger charge is -2.42. The average Bonchev–Trinajstić information content (AvgIpc) is 3.18. The lowest BCUT2D eigenvalue weighted by molar-refractivity contribution is 0.0793. The first-order chi connectivity index (χ1) is 12.8. The molecule has 5 nitrogen and oxygen atoms in total. The molecule has 0 radical (unpaired) electrons. The summed E-state index contributed by atoms with van der Waals surface area (Å²) >= 11 is 1.64. The van der Waals surface area contributed by atoms with Crippen LogP contribution in [-0.2, 0) is 0 Å². The summed E-state index contributed by atoms with van der Waals surface area (Å²) in [4.78, 5) is 12.2. The van der Waals surface area contributed by atoms with Crippen molar-refractivity contribution in [3.05, 3.63) is 48.1 Å². The van der Waals surface area contributed by atoms with E-state index in [0.29, 0.717) is 6.61 Å². The van der Waals surface area contributed by atoms with Crippen LogP contribution in [0.2, 0.25) is 0 Å². The number of benzene rings is 1. The van der Waals surface area contributed by atoms with Crippen molar-refractivity contribution in [3.8, 4) is 5.75 Å². The molecular formula is C20H23N3O2S. The fourth-order valence-electron chi connectivity index (χ4n) is 3.73. The Labute approximate surface area is 157 Å². The number of ether oxygens (including phenoxy) is 1. The molecule has 2 aromatic heterocycles. The Kier molecular flexibility index (Phi) is 5.04. The van der Waals surface area contributed by atoms with Gasteiger partial charge >= 0.3 is 0 Å². The smallest absolute Gasteiger partial charge is 0.140 e. The van der Waals surface area contributed by atoms with E-state index >= 15 is 0 Å². The van der Waals surface area contributed by atoms with Crippen molar-refractivity contribution in [2.45, 2.75) is 19.3 Å². The zero-order valence-electron chi connectivity index (χ0n) is 14.7. The number of fused-ring (bicyclic) bond motifs is 1. The van der Waals surface area contributed by atoms with Crippen LogP contribution in [0.3, 0.4) is 0 Å². The Bertz CT molecular complexity index is 854. The molecule has 1 aliphatic heterocycles. The van der Waals surface area contributed by atoms with E-state index in [9.17, 15) is 5.11 Å². The highest BCUT2D eigenvalue weighted by Crippen LogP contribution is 2.37. The molecule has 136 valence electrons. The quantitative estimate of drug-likeness (QED) is 0.717. The molecule has 0 unspecified atom stereocenters. The predicted molar refractivity (Wildman–Crippen MR) is 105 cm³/mol. The van der Waals surface area contributed by atoms with E-state index in [-0.39, 0.29) is 12.0 Å². The first-order valence-electron chi connectivity index (χ1n) is 9.02. The summed E-state index contributed by atoms with van der Waals surface area (Å²) in [5.74, 6) is 1.86. The van der Waals surface area contributed by atoms with Crippen LogP contribution in [0.15, 0.2) is 48.1 Å². The zero-order chi connectivity index (χ0) is 17.8. The molecule has 1 aromatic carbocycles. The first kappa shape index (κ1) is 17.2. The van der Waals surface area contributed by atoms with Gasteiger partial charge in [0.05, 0.1) is 18.6 Å². The minimum Gasteiger partial charge on any atom is -0.494 e. The third-order valence-corrected chi connectivity index (χ3v) is 6.00. The van der Waals surface area contributed by atoms with E-state index in [4.69, 9.17) is 4.74 Å². The van der Waals surface area contributed by atoms with Crippen molar-refractivity contribution < 1.29 is 9.84 Å². The summed E-state index contributed by atoms with van der Waals surface area (Å²) in [7, 11) is 0. The van der Waals surface area contributed by atoms with Crippen LogP contribution in [-0.4, -0.2) is 41.4 Å². The standard InChI is InChI=1S/C20H23N3O2S/c24-14-20(9-11-25-16-5-2-1-3-6-16)8-4-10-23(13-20)18-17-7-12-26-19(17)22-15-21-18/h1-3,5-7,12,15,24H,4,8-11,13-14H2/t20-/m1/s1. The fourth-order valence-corrected chi connectivity index (χ4v) is 4.46. The summed E-state index contributed by atoms with van der Waals surface area (Å²) in [6.45, 7) is 2.53. The van der Waals surface area contributed by atoms with Crippen LogP contribution in [0, 0.1) is 5.41 Å². The third-order valence-electron chi connectivity index (χ3n) is 5.18. The number of aliphatic hydroxyl groups excluding tert-OH is 1. The Morgan fingerprint density at radius 2 is 2.08 bits per heavy atom.